The first-order valence-corrected chi connectivity index (χ1v) is 12.0. The number of aliphatic carboxylic acids is 1. The first kappa shape index (κ1) is 23.3. The van der Waals surface area contributed by atoms with Gasteiger partial charge in [0.05, 0.1) is 46.0 Å². The summed E-state index contributed by atoms with van der Waals surface area (Å²) >= 11 is 13.4. The molecule has 2 heterocycles. The highest BCUT2D eigenvalue weighted by atomic mass is 35.5. The van der Waals surface area contributed by atoms with Gasteiger partial charge in [0, 0.05) is 16.1 Å². The SMILES string of the molecule is CC(C(=O)O)c1cc(C#N)ccc1-c1cc2c(cn1)nnn2[C@H](C)c1c(Cl)ccc(C2CC2)c1Cl. The van der Waals surface area contributed by atoms with E-state index in [1.54, 1.807) is 36.0 Å². The summed E-state index contributed by atoms with van der Waals surface area (Å²) in [5.74, 6) is -1.33. The van der Waals surface area contributed by atoms with Crippen LogP contribution in [0, 0.1) is 11.3 Å². The summed E-state index contributed by atoms with van der Waals surface area (Å²) in [5.41, 5.74) is 5.29. The number of nitrogens with zero attached hydrogens (tertiary/aromatic N) is 5. The van der Waals surface area contributed by atoms with E-state index in [0.717, 1.165) is 24.0 Å². The maximum atomic E-state index is 11.7. The maximum Gasteiger partial charge on any atom is 0.310 e. The van der Waals surface area contributed by atoms with E-state index in [4.69, 9.17) is 23.2 Å². The van der Waals surface area contributed by atoms with Gasteiger partial charge in [0.1, 0.15) is 5.52 Å². The van der Waals surface area contributed by atoms with Gasteiger partial charge < -0.3 is 5.11 Å². The number of hydrogen-bond acceptors (Lipinski definition) is 5. The largest absolute Gasteiger partial charge is 0.481 e. The average molecular weight is 506 g/mol. The Balaban J connectivity index is 1.63. The van der Waals surface area contributed by atoms with Crippen LogP contribution in [0.2, 0.25) is 10.0 Å². The van der Waals surface area contributed by atoms with Crippen LogP contribution in [0.3, 0.4) is 0 Å². The smallest absolute Gasteiger partial charge is 0.310 e. The lowest BCUT2D eigenvalue weighted by atomic mass is 9.92. The van der Waals surface area contributed by atoms with Gasteiger partial charge in [0.15, 0.2) is 0 Å². The van der Waals surface area contributed by atoms with Crippen molar-refractivity contribution in [1.29, 1.82) is 5.26 Å². The van der Waals surface area contributed by atoms with Crippen LogP contribution in [-0.2, 0) is 4.79 Å². The molecule has 0 aliphatic heterocycles. The molecule has 1 aliphatic carbocycles. The van der Waals surface area contributed by atoms with E-state index in [-0.39, 0.29) is 6.04 Å². The molecule has 1 N–H and O–H groups in total. The number of carboxylic acid groups (broad SMARTS) is 1. The van der Waals surface area contributed by atoms with Crippen LogP contribution in [0.15, 0.2) is 42.6 Å². The average Bonchev–Trinajstić information content (AvgIpc) is 3.60. The highest BCUT2D eigenvalue weighted by molar-refractivity contribution is 6.36. The molecule has 2 atom stereocenters. The molecule has 7 nitrogen and oxygen atoms in total. The fraction of sp³-hybridized carbons (Fsp3) is 0.269. The Labute approximate surface area is 211 Å². The van der Waals surface area contributed by atoms with Crippen LogP contribution in [0.1, 0.15) is 66.8 Å². The molecule has 2 aromatic heterocycles. The van der Waals surface area contributed by atoms with Gasteiger partial charge in [-0.15, -0.1) is 5.10 Å². The predicted molar refractivity (Wildman–Crippen MR) is 134 cm³/mol. The zero-order valence-corrected chi connectivity index (χ0v) is 20.5. The molecule has 0 amide bonds. The first-order valence-electron chi connectivity index (χ1n) is 11.3. The third kappa shape index (κ3) is 4.13. The number of rotatable bonds is 6. The quantitative estimate of drug-likeness (QED) is 0.327. The van der Waals surface area contributed by atoms with Crippen molar-refractivity contribution < 1.29 is 9.90 Å². The molecule has 0 radical (unpaired) electrons. The van der Waals surface area contributed by atoms with Crippen LogP contribution in [0.4, 0.5) is 0 Å². The molecule has 5 rings (SSSR count). The molecule has 1 aliphatic rings. The zero-order valence-electron chi connectivity index (χ0n) is 19.0. The Morgan fingerprint density at radius 2 is 1.97 bits per heavy atom. The summed E-state index contributed by atoms with van der Waals surface area (Å²) in [5, 5.41) is 28.8. The summed E-state index contributed by atoms with van der Waals surface area (Å²) in [6, 6.07) is 12.5. The molecule has 0 spiro atoms. The normalized spacial score (nSPS) is 15.1. The molecule has 2 aromatic carbocycles. The van der Waals surface area contributed by atoms with Gasteiger partial charge in [-0.1, -0.05) is 40.5 Å². The molecule has 35 heavy (non-hydrogen) atoms. The molecule has 0 bridgehead atoms. The van der Waals surface area contributed by atoms with Crippen molar-refractivity contribution in [3.8, 4) is 17.3 Å². The summed E-state index contributed by atoms with van der Waals surface area (Å²) in [6.45, 7) is 3.56. The number of pyridine rings is 1. The monoisotopic (exact) mass is 505 g/mol. The molecule has 1 fully saturated rings. The molecule has 4 aromatic rings. The summed E-state index contributed by atoms with van der Waals surface area (Å²) < 4.78 is 1.76. The van der Waals surface area contributed by atoms with Gasteiger partial charge in [-0.05, 0) is 68.0 Å². The van der Waals surface area contributed by atoms with Gasteiger partial charge >= 0.3 is 5.97 Å². The van der Waals surface area contributed by atoms with E-state index in [1.807, 2.05) is 25.1 Å². The van der Waals surface area contributed by atoms with Crippen molar-refractivity contribution in [3.05, 3.63) is 74.9 Å². The van der Waals surface area contributed by atoms with Crippen LogP contribution in [0.25, 0.3) is 22.3 Å². The Kier molecular flexibility index (Phi) is 5.96. The van der Waals surface area contributed by atoms with Crippen molar-refractivity contribution in [2.75, 3.05) is 0 Å². The molecular weight excluding hydrogens is 485 g/mol. The van der Waals surface area contributed by atoms with Crippen molar-refractivity contribution in [1.82, 2.24) is 20.0 Å². The Morgan fingerprint density at radius 1 is 1.20 bits per heavy atom. The number of carboxylic acids is 1. The van der Waals surface area contributed by atoms with Gasteiger partial charge in [-0.3, -0.25) is 9.78 Å². The van der Waals surface area contributed by atoms with E-state index in [2.05, 4.69) is 21.4 Å². The number of fused-ring (bicyclic) bond motifs is 1. The summed E-state index contributed by atoms with van der Waals surface area (Å²) in [7, 11) is 0. The fourth-order valence-corrected chi connectivity index (χ4v) is 5.27. The number of benzene rings is 2. The minimum absolute atomic E-state index is 0.299. The van der Waals surface area contributed by atoms with Gasteiger partial charge in [0.25, 0.3) is 0 Å². The first-order chi connectivity index (χ1) is 16.8. The van der Waals surface area contributed by atoms with E-state index >= 15 is 0 Å². The summed E-state index contributed by atoms with van der Waals surface area (Å²) in [6.07, 6.45) is 3.86. The number of halogens is 2. The molecule has 176 valence electrons. The zero-order chi connectivity index (χ0) is 24.9. The third-order valence-electron chi connectivity index (χ3n) is 6.61. The minimum Gasteiger partial charge on any atom is -0.481 e. The van der Waals surface area contributed by atoms with Gasteiger partial charge in [-0.2, -0.15) is 5.26 Å². The highest BCUT2D eigenvalue weighted by Crippen LogP contribution is 2.47. The topological polar surface area (TPSA) is 105 Å². The Morgan fingerprint density at radius 3 is 2.66 bits per heavy atom. The van der Waals surface area contributed by atoms with Crippen LogP contribution >= 0.6 is 23.2 Å². The van der Waals surface area contributed by atoms with Crippen molar-refractivity contribution in [3.63, 3.8) is 0 Å². The molecule has 1 saturated carbocycles. The fourth-order valence-electron chi connectivity index (χ4n) is 4.43. The molecule has 1 unspecified atom stereocenters. The van der Waals surface area contributed by atoms with E-state index < -0.39 is 11.9 Å². The predicted octanol–water partition coefficient (Wildman–Crippen LogP) is 6.35. The Hall–Kier alpha value is -3.47. The Bertz CT molecular complexity index is 1520. The highest BCUT2D eigenvalue weighted by Gasteiger charge is 2.29. The van der Waals surface area contributed by atoms with Crippen LogP contribution in [-0.4, -0.2) is 31.1 Å². The van der Waals surface area contributed by atoms with E-state index in [0.29, 0.717) is 49.4 Å². The number of aromatic nitrogens is 4. The second-order valence-electron chi connectivity index (χ2n) is 8.88. The van der Waals surface area contributed by atoms with Crippen LogP contribution < -0.4 is 0 Å². The lowest BCUT2D eigenvalue weighted by molar-refractivity contribution is -0.138. The van der Waals surface area contributed by atoms with E-state index in [9.17, 15) is 15.2 Å². The molecule has 9 heteroatoms. The lowest BCUT2D eigenvalue weighted by Gasteiger charge is -2.19. The minimum atomic E-state index is -0.984. The number of carbonyl (C=O) groups is 1. The van der Waals surface area contributed by atoms with Crippen molar-refractivity contribution in [2.24, 2.45) is 0 Å². The third-order valence-corrected chi connectivity index (χ3v) is 7.36. The van der Waals surface area contributed by atoms with Crippen molar-refractivity contribution in [2.45, 2.75) is 44.6 Å². The number of nitriles is 1. The second kappa shape index (κ2) is 8.95. The second-order valence-corrected chi connectivity index (χ2v) is 9.67. The van der Waals surface area contributed by atoms with Crippen LogP contribution in [0.5, 0.6) is 0 Å². The summed E-state index contributed by atoms with van der Waals surface area (Å²) in [4.78, 5) is 16.3. The van der Waals surface area contributed by atoms with Gasteiger partial charge in [-0.25, -0.2) is 4.68 Å². The van der Waals surface area contributed by atoms with Crippen molar-refractivity contribution >= 4 is 40.2 Å². The standard InChI is InChI=1S/C26H21Cl2N5O2/c1-13(26(34)35)19-9-15(11-29)3-6-18(19)21-10-23-22(12-30-21)31-32-33(23)14(2)24-20(27)8-7-17(25(24)28)16-4-5-16/h3,6-10,12-14,16H,4-5H2,1-2H3,(H,34,35)/t13?,14-/m1/s1. The van der Waals surface area contributed by atoms with E-state index in [1.165, 1.54) is 0 Å². The lowest BCUT2D eigenvalue weighted by Crippen LogP contribution is -2.11. The molecular formula is C26H21Cl2N5O2. The molecule has 0 saturated heterocycles. The van der Waals surface area contributed by atoms with Gasteiger partial charge in [0.2, 0.25) is 0 Å². The number of hydrogen-bond donors (Lipinski definition) is 1. The maximum absolute atomic E-state index is 11.7.